The van der Waals surface area contributed by atoms with Gasteiger partial charge in [-0.15, -0.1) is 0 Å². The van der Waals surface area contributed by atoms with E-state index in [0.717, 1.165) is 5.82 Å². The molecule has 0 aliphatic carbocycles. The molecule has 1 heterocycles. The molecule has 0 aliphatic rings. The van der Waals surface area contributed by atoms with Gasteiger partial charge in [-0.3, -0.25) is 9.59 Å². The highest BCUT2D eigenvalue weighted by Gasteiger charge is 2.08. The zero-order valence-corrected chi connectivity index (χ0v) is 12.3. The molecule has 21 heavy (non-hydrogen) atoms. The van der Waals surface area contributed by atoms with Gasteiger partial charge < -0.3 is 10.2 Å². The number of anilines is 2. The fourth-order valence-electron chi connectivity index (χ4n) is 1.80. The first-order chi connectivity index (χ1) is 9.97. The molecular formula is C16H17N3O2. The molecule has 1 aromatic carbocycles. The number of rotatable bonds is 4. The molecule has 1 N–H and O–H groups in total. The Morgan fingerprint density at radius 3 is 2.43 bits per heavy atom. The van der Waals surface area contributed by atoms with E-state index < -0.39 is 0 Å². The zero-order valence-electron chi connectivity index (χ0n) is 12.3. The summed E-state index contributed by atoms with van der Waals surface area (Å²) in [6.07, 6.45) is 1.53. The number of carbonyl (C=O) groups is 2. The smallest absolute Gasteiger partial charge is 0.257 e. The van der Waals surface area contributed by atoms with Gasteiger partial charge >= 0.3 is 0 Å². The van der Waals surface area contributed by atoms with Gasteiger partial charge in [-0.05, 0) is 31.2 Å². The van der Waals surface area contributed by atoms with Gasteiger partial charge in [0.25, 0.3) is 5.91 Å². The Labute approximate surface area is 123 Å². The van der Waals surface area contributed by atoms with Crippen LogP contribution in [-0.2, 0) is 0 Å². The summed E-state index contributed by atoms with van der Waals surface area (Å²) in [5.74, 6) is 0.488. The first-order valence-corrected chi connectivity index (χ1v) is 6.53. The van der Waals surface area contributed by atoms with Crippen LogP contribution in [0.15, 0.2) is 42.6 Å². The zero-order chi connectivity index (χ0) is 15.4. The van der Waals surface area contributed by atoms with Crippen molar-refractivity contribution < 1.29 is 9.59 Å². The Hall–Kier alpha value is -2.69. The highest BCUT2D eigenvalue weighted by atomic mass is 16.1. The molecule has 0 spiro atoms. The summed E-state index contributed by atoms with van der Waals surface area (Å²) in [7, 11) is 3.77. The average molecular weight is 283 g/mol. The van der Waals surface area contributed by atoms with E-state index in [2.05, 4.69) is 10.3 Å². The number of hydrogen-bond acceptors (Lipinski definition) is 4. The van der Waals surface area contributed by atoms with E-state index in [9.17, 15) is 9.59 Å². The fraction of sp³-hybridized carbons (Fsp3) is 0.188. The van der Waals surface area contributed by atoms with Crippen molar-refractivity contribution in [3.63, 3.8) is 0 Å². The van der Waals surface area contributed by atoms with Gasteiger partial charge in [0.1, 0.15) is 5.82 Å². The number of benzene rings is 1. The first kappa shape index (κ1) is 14.7. The van der Waals surface area contributed by atoms with Crippen LogP contribution in [0.1, 0.15) is 27.6 Å². The molecule has 0 aliphatic heterocycles. The van der Waals surface area contributed by atoms with Gasteiger partial charge in [0.15, 0.2) is 5.78 Å². The largest absolute Gasteiger partial charge is 0.363 e. The van der Waals surface area contributed by atoms with Crippen LogP contribution in [0, 0.1) is 0 Å². The van der Waals surface area contributed by atoms with Crippen LogP contribution in [0.3, 0.4) is 0 Å². The molecule has 5 nitrogen and oxygen atoms in total. The van der Waals surface area contributed by atoms with Gasteiger partial charge in [0.2, 0.25) is 0 Å². The number of Topliss-reactive ketones (excluding diaryl/α,β-unsaturated/α-hetero) is 1. The topological polar surface area (TPSA) is 62.3 Å². The molecule has 0 unspecified atom stereocenters. The van der Waals surface area contributed by atoms with Crippen LogP contribution < -0.4 is 10.2 Å². The SMILES string of the molecule is CC(=O)c1cccc(NC(=O)c2ccc(N(C)C)nc2)c1. The Morgan fingerprint density at radius 2 is 1.86 bits per heavy atom. The van der Waals surface area contributed by atoms with E-state index in [-0.39, 0.29) is 11.7 Å². The molecule has 0 atom stereocenters. The summed E-state index contributed by atoms with van der Waals surface area (Å²) in [6.45, 7) is 1.49. The lowest BCUT2D eigenvalue weighted by atomic mass is 10.1. The summed E-state index contributed by atoms with van der Waals surface area (Å²) in [5.41, 5.74) is 1.62. The third kappa shape index (κ3) is 3.66. The molecule has 108 valence electrons. The van der Waals surface area contributed by atoms with Crippen molar-refractivity contribution in [3.8, 4) is 0 Å². The van der Waals surface area contributed by atoms with Crippen molar-refractivity contribution >= 4 is 23.2 Å². The Morgan fingerprint density at radius 1 is 1.10 bits per heavy atom. The Balaban J connectivity index is 2.14. The number of carbonyl (C=O) groups excluding carboxylic acids is 2. The molecule has 0 fully saturated rings. The summed E-state index contributed by atoms with van der Waals surface area (Å²) in [4.78, 5) is 29.5. The number of nitrogens with zero attached hydrogens (tertiary/aromatic N) is 2. The van der Waals surface area contributed by atoms with E-state index in [4.69, 9.17) is 0 Å². The number of aromatic nitrogens is 1. The van der Waals surface area contributed by atoms with Crippen LogP contribution >= 0.6 is 0 Å². The number of nitrogens with one attached hydrogen (secondary N) is 1. The maximum atomic E-state index is 12.1. The number of amides is 1. The van der Waals surface area contributed by atoms with Crippen LogP contribution in [0.4, 0.5) is 11.5 Å². The van der Waals surface area contributed by atoms with Crippen LogP contribution in [0.25, 0.3) is 0 Å². The third-order valence-electron chi connectivity index (χ3n) is 3.00. The van der Waals surface area contributed by atoms with Gasteiger partial charge in [0.05, 0.1) is 5.56 Å². The molecule has 2 aromatic rings. The summed E-state index contributed by atoms with van der Waals surface area (Å²) < 4.78 is 0. The summed E-state index contributed by atoms with van der Waals surface area (Å²) in [6, 6.07) is 10.3. The van der Waals surface area contributed by atoms with E-state index in [1.807, 2.05) is 19.0 Å². The lowest BCUT2D eigenvalue weighted by molar-refractivity contribution is 0.101. The minimum absolute atomic E-state index is 0.0388. The highest BCUT2D eigenvalue weighted by Crippen LogP contribution is 2.14. The molecule has 0 bridgehead atoms. The molecule has 2 rings (SSSR count). The fourth-order valence-corrected chi connectivity index (χ4v) is 1.80. The van der Waals surface area contributed by atoms with Gasteiger partial charge in [-0.2, -0.15) is 0 Å². The average Bonchev–Trinajstić information content (AvgIpc) is 2.47. The molecule has 1 amide bonds. The molecule has 0 saturated carbocycles. The predicted octanol–water partition coefficient (Wildman–Crippen LogP) is 2.60. The lowest BCUT2D eigenvalue weighted by Crippen LogP contribution is -2.14. The van der Waals surface area contributed by atoms with Crippen molar-refractivity contribution in [2.75, 3.05) is 24.3 Å². The van der Waals surface area contributed by atoms with E-state index >= 15 is 0 Å². The normalized spacial score (nSPS) is 10.0. The maximum Gasteiger partial charge on any atom is 0.257 e. The number of hydrogen-bond donors (Lipinski definition) is 1. The quantitative estimate of drug-likeness (QED) is 0.876. The van der Waals surface area contributed by atoms with Crippen LogP contribution in [0.2, 0.25) is 0 Å². The molecule has 5 heteroatoms. The Kier molecular flexibility index (Phi) is 4.33. The van der Waals surface area contributed by atoms with Crippen LogP contribution in [-0.4, -0.2) is 30.8 Å². The predicted molar refractivity (Wildman–Crippen MR) is 83.0 cm³/mol. The van der Waals surface area contributed by atoms with E-state index in [1.54, 1.807) is 36.4 Å². The van der Waals surface area contributed by atoms with E-state index in [0.29, 0.717) is 16.8 Å². The number of pyridine rings is 1. The van der Waals surface area contributed by atoms with Gasteiger partial charge in [0, 0.05) is 31.5 Å². The highest BCUT2D eigenvalue weighted by molar-refractivity contribution is 6.05. The lowest BCUT2D eigenvalue weighted by Gasteiger charge is -2.11. The minimum atomic E-state index is -0.256. The molecule has 0 radical (unpaired) electrons. The third-order valence-corrected chi connectivity index (χ3v) is 3.00. The van der Waals surface area contributed by atoms with Crippen molar-refractivity contribution in [3.05, 3.63) is 53.7 Å². The first-order valence-electron chi connectivity index (χ1n) is 6.53. The van der Waals surface area contributed by atoms with Crippen molar-refractivity contribution in [1.82, 2.24) is 4.98 Å². The van der Waals surface area contributed by atoms with Crippen molar-refractivity contribution in [2.45, 2.75) is 6.92 Å². The molecule has 1 aromatic heterocycles. The second kappa shape index (κ2) is 6.17. The molecule has 0 saturated heterocycles. The van der Waals surface area contributed by atoms with Crippen molar-refractivity contribution in [2.24, 2.45) is 0 Å². The number of ketones is 1. The second-order valence-electron chi connectivity index (χ2n) is 4.89. The monoisotopic (exact) mass is 283 g/mol. The second-order valence-corrected chi connectivity index (χ2v) is 4.89. The minimum Gasteiger partial charge on any atom is -0.363 e. The summed E-state index contributed by atoms with van der Waals surface area (Å²) >= 11 is 0. The van der Waals surface area contributed by atoms with Crippen molar-refractivity contribution in [1.29, 1.82) is 0 Å². The van der Waals surface area contributed by atoms with Gasteiger partial charge in [-0.1, -0.05) is 12.1 Å². The Bertz CT molecular complexity index is 663. The standard InChI is InChI=1S/C16H17N3O2/c1-11(20)12-5-4-6-14(9-12)18-16(21)13-7-8-15(17-10-13)19(2)3/h4-10H,1-3H3,(H,18,21). The molecular weight excluding hydrogens is 266 g/mol. The van der Waals surface area contributed by atoms with E-state index in [1.165, 1.54) is 13.1 Å². The van der Waals surface area contributed by atoms with Crippen LogP contribution in [0.5, 0.6) is 0 Å². The summed E-state index contributed by atoms with van der Waals surface area (Å²) in [5, 5.41) is 2.76. The van der Waals surface area contributed by atoms with Gasteiger partial charge in [-0.25, -0.2) is 4.98 Å². The maximum absolute atomic E-state index is 12.1.